The molecule has 0 bridgehead atoms. The van der Waals surface area contributed by atoms with Crippen molar-refractivity contribution in [3.05, 3.63) is 0 Å². The molecule has 1 atom stereocenters. The fraction of sp³-hybridized carbons (Fsp3) is 0.889. The Balaban J connectivity index is 5.25. The fourth-order valence-electron chi connectivity index (χ4n) is 1.44. The average Bonchev–Trinajstić information content (AvgIpc) is 2.12. The smallest absolute Gasteiger partial charge is 0.327 e. The number of carbonyl (C=O) groups excluding carboxylic acids is 1. The summed E-state index contributed by atoms with van der Waals surface area (Å²) in [5.41, 5.74) is 0. The number of hydrogen-bond acceptors (Lipinski definition) is 4. The summed E-state index contributed by atoms with van der Waals surface area (Å²) >= 11 is 3.17. The van der Waals surface area contributed by atoms with E-state index in [0.29, 0.717) is 5.33 Å². The van der Waals surface area contributed by atoms with E-state index in [1.54, 1.807) is 13.8 Å². The van der Waals surface area contributed by atoms with Crippen LogP contribution in [0, 0.1) is 0 Å². The summed E-state index contributed by atoms with van der Waals surface area (Å²) in [4.78, 5) is 11.7. The zero-order valence-electron chi connectivity index (χ0n) is 9.25. The highest BCUT2D eigenvalue weighted by Gasteiger charge is 2.47. The fourth-order valence-corrected chi connectivity index (χ4v) is 3.74. The summed E-state index contributed by atoms with van der Waals surface area (Å²) in [6, 6.07) is 0. The van der Waals surface area contributed by atoms with E-state index in [9.17, 15) is 13.2 Å². The standard InChI is InChI=1S/C9H17BrO4S/c1-4-9(6-7-10,15(3,12)13)8(11)14-5-2/h4-7H2,1-3H3. The molecule has 6 heteroatoms. The minimum absolute atomic E-state index is 0.193. The van der Waals surface area contributed by atoms with Gasteiger partial charge in [-0.15, -0.1) is 0 Å². The Morgan fingerprint density at radius 3 is 2.20 bits per heavy atom. The van der Waals surface area contributed by atoms with Gasteiger partial charge in [-0.05, 0) is 19.8 Å². The molecule has 15 heavy (non-hydrogen) atoms. The van der Waals surface area contributed by atoms with Crippen LogP contribution in [0.4, 0.5) is 0 Å². The Hall–Kier alpha value is -0.100. The Bertz CT molecular complexity index is 312. The summed E-state index contributed by atoms with van der Waals surface area (Å²) in [7, 11) is -3.46. The van der Waals surface area contributed by atoms with Crippen molar-refractivity contribution < 1.29 is 17.9 Å². The van der Waals surface area contributed by atoms with Gasteiger partial charge in [-0.25, -0.2) is 8.42 Å². The SMILES string of the molecule is CCOC(=O)C(CC)(CCBr)S(C)(=O)=O. The zero-order valence-corrected chi connectivity index (χ0v) is 11.7. The highest BCUT2D eigenvalue weighted by molar-refractivity contribution is 9.09. The molecule has 0 radical (unpaired) electrons. The Kier molecular flexibility index (Phi) is 5.80. The van der Waals surface area contributed by atoms with Crippen molar-refractivity contribution in [3.63, 3.8) is 0 Å². The van der Waals surface area contributed by atoms with Crippen LogP contribution in [0.25, 0.3) is 0 Å². The van der Waals surface area contributed by atoms with E-state index in [2.05, 4.69) is 15.9 Å². The van der Waals surface area contributed by atoms with Crippen LogP contribution in [-0.2, 0) is 19.4 Å². The van der Waals surface area contributed by atoms with Gasteiger partial charge in [-0.3, -0.25) is 4.79 Å². The van der Waals surface area contributed by atoms with Crippen LogP contribution in [0.2, 0.25) is 0 Å². The second-order valence-electron chi connectivity index (χ2n) is 3.28. The maximum atomic E-state index is 11.7. The number of rotatable bonds is 6. The summed E-state index contributed by atoms with van der Waals surface area (Å²) in [6.07, 6.45) is 1.55. The van der Waals surface area contributed by atoms with Gasteiger partial charge in [-0.2, -0.15) is 0 Å². The maximum absolute atomic E-state index is 11.7. The van der Waals surface area contributed by atoms with E-state index in [1.165, 1.54) is 0 Å². The predicted octanol–water partition coefficient (Wildman–Crippen LogP) is 1.53. The first kappa shape index (κ1) is 14.9. The van der Waals surface area contributed by atoms with Crippen LogP contribution < -0.4 is 0 Å². The van der Waals surface area contributed by atoms with Gasteiger partial charge in [0.1, 0.15) is 0 Å². The first-order valence-electron chi connectivity index (χ1n) is 4.78. The number of hydrogen-bond donors (Lipinski definition) is 0. The Morgan fingerprint density at radius 2 is 1.93 bits per heavy atom. The minimum Gasteiger partial charge on any atom is -0.465 e. The van der Waals surface area contributed by atoms with E-state index in [4.69, 9.17) is 4.74 Å². The molecule has 0 heterocycles. The number of sulfone groups is 1. The Morgan fingerprint density at radius 1 is 1.40 bits per heavy atom. The van der Waals surface area contributed by atoms with Crippen molar-refractivity contribution in [1.82, 2.24) is 0 Å². The molecule has 90 valence electrons. The first-order chi connectivity index (χ1) is 6.85. The van der Waals surface area contributed by atoms with Crippen molar-refractivity contribution in [2.75, 3.05) is 18.2 Å². The molecular weight excluding hydrogens is 284 g/mol. The molecule has 0 aromatic heterocycles. The minimum atomic E-state index is -3.46. The summed E-state index contributed by atoms with van der Waals surface area (Å²) < 4.78 is 26.8. The van der Waals surface area contributed by atoms with Crippen molar-refractivity contribution >= 4 is 31.7 Å². The molecule has 0 spiro atoms. The second-order valence-corrected chi connectivity index (χ2v) is 6.40. The normalized spacial score (nSPS) is 15.7. The summed E-state index contributed by atoms with van der Waals surface area (Å²) in [5.74, 6) is -0.644. The molecule has 0 aromatic carbocycles. The van der Waals surface area contributed by atoms with Crippen molar-refractivity contribution in [3.8, 4) is 0 Å². The molecule has 4 nitrogen and oxygen atoms in total. The topological polar surface area (TPSA) is 60.4 Å². The first-order valence-corrected chi connectivity index (χ1v) is 7.79. The van der Waals surface area contributed by atoms with Crippen LogP contribution in [0.3, 0.4) is 0 Å². The third kappa shape index (κ3) is 3.17. The quantitative estimate of drug-likeness (QED) is 0.551. The molecule has 0 N–H and O–H groups in total. The lowest BCUT2D eigenvalue weighted by Gasteiger charge is -2.27. The van der Waals surface area contributed by atoms with Crippen LogP contribution in [0.15, 0.2) is 0 Å². The third-order valence-electron chi connectivity index (χ3n) is 2.43. The molecule has 0 aliphatic rings. The number of carbonyl (C=O) groups is 1. The lowest BCUT2D eigenvalue weighted by molar-refractivity contribution is -0.146. The molecule has 0 aliphatic heterocycles. The van der Waals surface area contributed by atoms with Crippen molar-refractivity contribution in [2.45, 2.75) is 31.4 Å². The lowest BCUT2D eigenvalue weighted by atomic mass is 10.0. The van der Waals surface area contributed by atoms with E-state index >= 15 is 0 Å². The molecular formula is C9H17BrO4S. The van der Waals surface area contributed by atoms with Crippen LogP contribution in [-0.4, -0.2) is 37.3 Å². The number of alkyl halides is 1. The van der Waals surface area contributed by atoms with Crippen LogP contribution >= 0.6 is 15.9 Å². The molecule has 0 aromatic rings. The van der Waals surface area contributed by atoms with Crippen molar-refractivity contribution in [2.24, 2.45) is 0 Å². The number of ether oxygens (including phenoxy) is 1. The molecule has 1 unspecified atom stereocenters. The van der Waals surface area contributed by atoms with E-state index < -0.39 is 20.6 Å². The molecule has 0 rings (SSSR count). The Labute approximate surface area is 99.4 Å². The summed E-state index contributed by atoms with van der Waals surface area (Å²) in [6.45, 7) is 3.54. The van der Waals surface area contributed by atoms with Gasteiger partial charge in [0.25, 0.3) is 0 Å². The highest BCUT2D eigenvalue weighted by atomic mass is 79.9. The van der Waals surface area contributed by atoms with Gasteiger partial charge in [0.2, 0.25) is 0 Å². The summed E-state index contributed by atoms with van der Waals surface area (Å²) in [5, 5.41) is 0.451. The molecule has 0 aliphatic carbocycles. The molecule has 0 fully saturated rings. The number of esters is 1. The van der Waals surface area contributed by atoms with Gasteiger partial charge in [0.05, 0.1) is 6.61 Å². The average molecular weight is 301 g/mol. The van der Waals surface area contributed by atoms with Gasteiger partial charge >= 0.3 is 5.97 Å². The van der Waals surface area contributed by atoms with Crippen molar-refractivity contribution in [1.29, 1.82) is 0 Å². The molecule has 0 saturated heterocycles. The second kappa shape index (κ2) is 5.84. The monoisotopic (exact) mass is 300 g/mol. The number of halogens is 1. The van der Waals surface area contributed by atoms with E-state index in [-0.39, 0.29) is 19.4 Å². The predicted molar refractivity (Wildman–Crippen MR) is 62.9 cm³/mol. The largest absolute Gasteiger partial charge is 0.465 e. The van der Waals surface area contributed by atoms with E-state index in [1.807, 2.05) is 0 Å². The van der Waals surface area contributed by atoms with Crippen LogP contribution in [0.1, 0.15) is 26.7 Å². The van der Waals surface area contributed by atoms with Crippen LogP contribution in [0.5, 0.6) is 0 Å². The molecule has 0 saturated carbocycles. The van der Waals surface area contributed by atoms with Gasteiger partial charge in [0.15, 0.2) is 14.6 Å². The zero-order chi connectivity index (χ0) is 12.1. The maximum Gasteiger partial charge on any atom is 0.327 e. The van der Waals surface area contributed by atoms with Gasteiger partial charge < -0.3 is 4.74 Å². The van der Waals surface area contributed by atoms with Gasteiger partial charge in [-0.1, -0.05) is 22.9 Å². The third-order valence-corrected chi connectivity index (χ3v) is 4.90. The van der Waals surface area contributed by atoms with Gasteiger partial charge in [0, 0.05) is 11.6 Å². The van der Waals surface area contributed by atoms with E-state index in [0.717, 1.165) is 6.26 Å². The highest BCUT2D eigenvalue weighted by Crippen LogP contribution is 2.28. The molecule has 0 amide bonds. The lowest BCUT2D eigenvalue weighted by Crippen LogP contribution is -2.47.